The zero-order chi connectivity index (χ0) is 11.1. The second-order valence-corrected chi connectivity index (χ2v) is 4.49. The fourth-order valence-electron chi connectivity index (χ4n) is 1.98. The molecule has 1 aliphatic rings. The lowest BCUT2D eigenvalue weighted by molar-refractivity contribution is 0.154. The summed E-state index contributed by atoms with van der Waals surface area (Å²) in [7, 11) is 3.90. The van der Waals surface area contributed by atoms with Gasteiger partial charge in [-0.15, -0.1) is 0 Å². The fraction of sp³-hybridized carbons (Fsp3) is 1.00. The van der Waals surface area contributed by atoms with Gasteiger partial charge in [0.05, 0.1) is 6.61 Å². The molecule has 0 aromatic heterocycles. The summed E-state index contributed by atoms with van der Waals surface area (Å²) in [5.74, 6) is 0.731. The summed E-state index contributed by atoms with van der Waals surface area (Å²) >= 11 is 0. The monoisotopic (exact) mass is 215 g/mol. The first-order valence-electron chi connectivity index (χ1n) is 5.86. The first-order valence-corrected chi connectivity index (χ1v) is 5.86. The fourth-order valence-corrected chi connectivity index (χ4v) is 1.98. The van der Waals surface area contributed by atoms with Crippen molar-refractivity contribution in [2.45, 2.75) is 6.42 Å². The number of likely N-dealkylation sites (tertiary alicyclic amines) is 1. The van der Waals surface area contributed by atoms with Crippen molar-refractivity contribution in [3.63, 3.8) is 0 Å². The van der Waals surface area contributed by atoms with Crippen LogP contribution in [0, 0.1) is 5.92 Å². The van der Waals surface area contributed by atoms with Gasteiger partial charge in [0.15, 0.2) is 0 Å². The third kappa shape index (κ3) is 4.93. The summed E-state index contributed by atoms with van der Waals surface area (Å²) in [5.41, 5.74) is 5.66. The predicted molar refractivity (Wildman–Crippen MR) is 63.0 cm³/mol. The van der Waals surface area contributed by atoms with Crippen LogP contribution in [0.3, 0.4) is 0 Å². The number of likely N-dealkylation sites (N-methyl/N-ethyl adjacent to an activating group) is 1. The molecule has 90 valence electrons. The molecule has 2 N–H and O–H groups in total. The number of ether oxygens (including phenoxy) is 1. The first kappa shape index (κ1) is 12.9. The third-order valence-electron chi connectivity index (χ3n) is 3.18. The van der Waals surface area contributed by atoms with E-state index in [1.165, 1.54) is 19.5 Å². The van der Waals surface area contributed by atoms with E-state index in [9.17, 15) is 0 Å². The van der Waals surface area contributed by atoms with Crippen LogP contribution in [-0.2, 0) is 4.74 Å². The lowest BCUT2D eigenvalue weighted by atomic mass is 10.1. The Morgan fingerprint density at radius 1 is 1.47 bits per heavy atom. The molecule has 0 aliphatic carbocycles. The van der Waals surface area contributed by atoms with Gasteiger partial charge in [0, 0.05) is 33.3 Å². The maximum atomic E-state index is 5.66. The highest BCUT2D eigenvalue weighted by Crippen LogP contribution is 2.13. The van der Waals surface area contributed by atoms with Crippen molar-refractivity contribution in [2.75, 3.05) is 60.0 Å². The van der Waals surface area contributed by atoms with E-state index >= 15 is 0 Å². The van der Waals surface area contributed by atoms with Gasteiger partial charge in [0.2, 0.25) is 0 Å². The number of hydrogen-bond donors (Lipinski definition) is 1. The molecule has 1 heterocycles. The molecule has 0 bridgehead atoms. The van der Waals surface area contributed by atoms with Crippen LogP contribution in [0.1, 0.15) is 6.42 Å². The minimum absolute atomic E-state index is 0.731. The number of nitrogens with two attached hydrogens (primary N) is 1. The quantitative estimate of drug-likeness (QED) is 0.641. The van der Waals surface area contributed by atoms with Gasteiger partial charge in [0.25, 0.3) is 0 Å². The van der Waals surface area contributed by atoms with Gasteiger partial charge in [-0.05, 0) is 32.5 Å². The third-order valence-corrected chi connectivity index (χ3v) is 3.18. The average Bonchev–Trinajstić information content (AvgIpc) is 2.71. The molecular weight excluding hydrogens is 190 g/mol. The Balaban J connectivity index is 2.04. The second-order valence-electron chi connectivity index (χ2n) is 4.49. The normalized spacial score (nSPS) is 22.8. The van der Waals surface area contributed by atoms with E-state index in [0.717, 1.165) is 38.7 Å². The highest BCUT2D eigenvalue weighted by atomic mass is 16.5. The Kier molecular flexibility index (Phi) is 6.17. The van der Waals surface area contributed by atoms with Crippen molar-refractivity contribution in [1.82, 2.24) is 9.80 Å². The van der Waals surface area contributed by atoms with Crippen LogP contribution in [-0.4, -0.2) is 69.8 Å². The van der Waals surface area contributed by atoms with Gasteiger partial charge in [-0.25, -0.2) is 0 Å². The zero-order valence-electron chi connectivity index (χ0n) is 10.1. The Bertz CT molecular complexity index is 166. The molecular formula is C11H25N3O. The summed E-state index contributed by atoms with van der Waals surface area (Å²) in [4.78, 5) is 4.83. The lowest BCUT2D eigenvalue weighted by Gasteiger charge is -2.21. The van der Waals surface area contributed by atoms with Crippen molar-refractivity contribution in [3.05, 3.63) is 0 Å². The SMILES string of the molecule is COCCN(C)CCN1CCC(CN)C1. The Labute approximate surface area is 93.4 Å². The molecule has 0 spiro atoms. The topological polar surface area (TPSA) is 41.7 Å². The Hall–Kier alpha value is -0.160. The molecule has 0 radical (unpaired) electrons. The molecule has 0 saturated carbocycles. The van der Waals surface area contributed by atoms with E-state index in [0.29, 0.717) is 0 Å². The molecule has 1 aliphatic heterocycles. The van der Waals surface area contributed by atoms with Crippen molar-refractivity contribution in [2.24, 2.45) is 11.7 Å². The van der Waals surface area contributed by atoms with E-state index < -0.39 is 0 Å². The molecule has 1 rings (SSSR count). The van der Waals surface area contributed by atoms with Crippen LogP contribution in [0.25, 0.3) is 0 Å². The summed E-state index contributed by atoms with van der Waals surface area (Å²) in [6.45, 7) is 7.38. The Morgan fingerprint density at radius 3 is 2.87 bits per heavy atom. The van der Waals surface area contributed by atoms with E-state index in [1.807, 2.05) is 0 Å². The second kappa shape index (κ2) is 7.17. The first-order chi connectivity index (χ1) is 7.26. The summed E-state index contributed by atoms with van der Waals surface area (Å²) in [5, 5.41) is 0. The smallest absolute Gasteiger partial charge is 0.0589 e. The van der Waals surface area contributed by atoms with Crippen molar-refractivity contribution in [3.8, 4) is 0 Å². The van der Waals surface area contributed by atoms with Gasteiger partial charge in [-0.2, -0.15) is 0 Å². The molecule has 1 fully saturated rings. The number of methoxy groups -OCH3 is 1. The molecule has 0 amide bonds. The molecule has 1 atom stereocenters. The van der Waals surface area contributed by atoms with Crippen LogP contribution < -0.4 is 5.73 Å². The zero-order valence-corrected chi connectivity index (χ0v) is 10.1. The summed E-state index contributed by atoms with van der Waals surface area (Å²) < 4.78 is 5.05. The minimum atomic E-state index is 0.731. The minimum Gasteiger partial charge on any atom is -0.383 e. The average molecular weight is 215 g/mol. The van der Waals surface area contributed by atoms with Crippen molar-refractivity contribution < 1.29 is 4.74 Å². The van der Waals surface area contributed by atoms with Crippen LogP contribution in [0.5, 0.6) is 0 Å². The Morgan fingerprint density at radius 2 is 2.27 bits per heavy atom. The summed E-state index contributed by atoms with van der Waals surface area (Å²) in [6, 6.07) is 0. The maximum absolute atomic E-state index is 5.66. The van der Waals surface area contributed by atoms with Gasteiger partial charge in [-0.1, -0.05) is 0 Å². The van der Waals surface area contributed by atoms with E-state index in [2.05, 4.69) is 16.8 Å². The summed E-state index contributed by atoms with van der Waals surface area (Å²) in [6.07, 6.45) is 1.28. The number of nitrogens with zero attached hydrogens (tertiary/aromatic N) is 2. The number of rotatable bonds is 7. The number of hydrogen-bond acceptors (Lipinski definition) is 4. The molecule has 15 heavy (non-hydrogen) atoms. The molecule has 0 aromatic rings. The highest BCUT2D eigenvalue weighted by Gasteiger charge is 2.20. The van der Waals surface area contributed by atoms with Gasteiger partial charge in [-0.3, -0.25) is 0 Å². The van der Waals surface area contributed by atoms with Crippen LogP contribution in [0.2, 0.25) is 0 Å². The largest absolute Gasteiger partial charge is 0.383 e. The van der Waals surface area contributed by atoms with E-state index in [1.54, 1.807) is 7.11 Å². The van der Waals surface area contributed by atoms with Crippen molar-refractivity contribution in [1.29, 1.82) is 0 Å². The molecule has 0 aromatic carbocycles. The molecule has 4 heteroatoms. The molecule has 1 unspecified atom stereocenters. The standard InChI is InChI=1S/C11H25N3O/c1-13(7-8-15-2)5-6-14-4-3-11(9-12)10-14/h11H,3-10,12H2,1-2H3. The van der Waals surface area contributed by atoms with Gasteiger partial charge in [0.1, 0.15) is 0 Å². The predicted octanol–water partition coefficient (Wildman–Crippen LogP) is -0.155. The highest BCUT2D eigenvalue weighted by molar-refractivity contribution is 4.76. The molecule has 1 saturated heterocycles. The van der Waals surface area contributed by atoms with Crippen LogP contribution in [0.4, 0.5) is 0 Å². The van der Waals surface area contributed by atoms with Crippen LogP contribution >= 0.6 is 0 Å². The molecule has 4 nitrogen and oxygen atoms in total. The van der Waals surface area contributed by atoms with Gasteiger partial charge >= 0.3 is 0 Å². The van der Waals surface area contributed by atoms with E-state index in [-0.39, 0.29) is 0 Å². The van der Waals surface area contributed by atoms with Crippen LogP contribution in [0.15, 0.2) is 0 Å². The van der Waals surface area contributed by atoms with Gasteiger partial charge < -0.3 is 20.3 Å². The maximum Gasteiger partial charge on any atom is 0.0589 e. The van der Waals surface area contributed by atoms with E-state index in [4.69, 9.17) is 10.5 Å². The van der Waals surface area contributed by atoms with Crippen molar-refractivity contribution >= 4 is 0 Å². The lowest BCUT2D eigenvalue weighted by Crippen LogP contribution is -2.34.